The second-order valence-electron chi connectivity index (χ2n) is 6.87. The fourth-order valence-electron chi connectivity index (χ4n) is 3.10. The third kappa shape index (κ3) is 3.05. The minimum absolute atomic E-state index is 0.187. The van der Waals surface area contributed by atoms with E-state index in [1.165, 1.54) is 29.7 Å². The number of primary amides is 1. The summed E-state index contributed by atoms with van der Waals surface area (Å²) in [5.41, 5.74) is 8.99. The maximum absolute atomic E-state index is 11.6. The lowest BCUT2D eigenvalue weighted by molar-refractivity contribution is -0.125. The van der Waals surface area contributed by atoms with Gasteiger partial charge in [0.2, 0.25) is 5.91 Å². The fourth-order valence-corrected chi connectivity index (χ4v) is 3.10. The Labute approximate surface area is 126 Å². The predicted octanol–water partition coefficient (Wildman–Crippen LogP) is 1.95. The Morgan fingerprint density at radius 3 is 2.81 bits per heavy atom. The van der Waals surface area contributed by atoms with Gasteiger partial charge in [-0.25, -0.2) is 0 Å². The number of nitrogens with zero attached hydrogens (tertiary/aromatic N) is 1. The number of benzene rings is 1. The van der Waals surface area contributed by atoms with Gasteiger partial charge in [-0.1, -0.05) is 12.1 Å². The van der Waals surface area contributed by atoms with E-state index in [0.29, 0.717) is 0 Å². The smallest absolute Gasteiger partial charge is 0.225 e. The zero-order valence-corrected chi connectivity index (χ0v) is 13.0. The van der Waals surface area contributed by atoms with Crippen LogP contribution in [0, 0.1) is 12.3 Å². The maximum Gasteiger partial charge on any atom is 0.225 e. The normalized spacial score (nSPS) is 25.3. The average molecular weight is 287 g/mol. The number of nitrogens with one attached hydrogen (secondary N) is 1. The van der Waals surface area contributed by atoms with Crippen molar-refractivity contribution in [3.63, 3.8) is 0 Å². The van der Waals surface area contributed by atoms with E-state index in [-0.39, 0.29) is 5.91 Å². The van der Waals surface area contributed by atoms with Crippen LogP contribution < -0.4 is 16.0 Å². The molecule has 0 radical (unpaired) electrons. The Balaban J connectivity index is 1.69. The molecule has 1 unspecified atom stereocenters. The van der Waals surface area contributed by atoms with Crippen LogP contribution in [0.2, 0.25) is 0 Å². The Morgan fingerprint density at radius 1 is 1.48 bits per heavy atom. The number of nitrogens with two attached hydrogens (primary N) is 1. The van der Waals surface area contributed by atoms with Crippen LogP contribution in [0.1, 0.15) is 37.3 Å². The van der Waals surface area contributed by atoms with Crippen molar-refractivity contribution < 1.29 is 4.79 Å². The predicted molar refractivity (Wildman–Crippen MR) is 85.2 cm³/mol. The van der Waals surface area contributed by atoms with E-state index in [1.54, 1.807) is 0 Å². The van der Waals surface area contributed by atoms with E-state index in [4.69, 9.17) is 5.73 Å². The molecule has 21 heavy (non-hydrogen) atoms. The van der Waals surface area contributed by atoms with Crippen molar-refractivity contribution in [3.8, 4) is 0 Å². The molecule has 1 saturated heterocycles. The highest BCUT2D eigenvalue weighted by Crippen LogP contribution is 2.34. The summed E-state index contributed by atoms with van der Waals surface area (Å²) in [4.78, 5) is 13.9. The minimum Gasteiger partial charge on any atom is -0.370 e. The Hall–Kier alpha value is -1.55. The van der Waals surface area contributed by atoms with Gasteiger partial charge in [0, 0.05) is 31.4 Å². The zero-order valence-electron chi connectivity index (χ0n) is 13.0. The van der Waals surface area contributed by atoms with Crippen LogP contribution in [0.4, 0.5) is 5.69 Å². The molecular formula is C17H25N3O. The summed E-state index contributed by atoms with van der Waals surface area (Å²) in [5.74, 6) is -0.187. The van der Waals surface area contributed by atoms with Crippen LogP contribution >= 0.6 is 0 Å². The van der Waals surface area contributed by atoms with Gasteiger partial charge in [0.25, 0.3) is 0 Å². The Morgan fingerprint density at radius 2 is 2.24 bits per heavy atom. The molecule has 2 aliphatic rings. The summed E-state index contributed by atoms with van der Waals surface area (Å²) in [5, 5.41) is 3.54. The number of hydrogen-bond acceptors (Lipinski definition) is 3. The van der Waals surface area contributed by atoms with E-state index in [0.717, 1.165) is 32.1 Å². The van der Waals surface area contributed by atoms with Gasteiger partial charge in [0.15, 0.2) is 0 Å². The second kappa shape index (κ2) is 5.34. The summed E-state index contributed by atoms with van der Waals surface area (Å²) in [6, 6.07) is 7.37. The van der Waals surface area contributed by atoms with Crippen LogP contribution in [-0.2, 0) is 11.3 Å². The first-order chi connectivity index (χ1) is 9.98. The standard InChI is InChI=1S/C17H25N3O/c1-12-9-13(10-19-14-4-5-14)3-6-15(12)20-8-7-17(2,11-20)16(18)21/h3,6,9,14,19H,4-5,7-8,10-11H2,1-2H3,(H2,18,21). The zero-order chi connectivity index (χ0) is 15.0. The quantitative estimate of drug-likeness (QED) is 0.870. The van der Waals surface area contributed by atoms with Gasteiger partial charge >= 0.3 is 0 Å². The molecule has 1 aromatic rings. The third-order valence-corrected chi connectivity index (χ3v) is 4.84. The maximum atomic E-state index is 11.6. The summed E-state index contributed by atoms with van der Waals surface area (Å²) in [7, 11) is 0. The average Bonchev–Trinajstić information content (AvgIpc) is 3.18. The van der Waals surface area contributed by atoms with Gasteiger partial charge < -0.3 is 16.0 Å². The van der Waals surface area contributed by atoms with Gasteiger partial charge in [0.05, 0.1) is 5.41 Å². The molecule has 0 bridgehead atoms. The molecule has 1 saturated carbocycles. The molecule has 0 spiro atoms. The van der Waals surface area contributed by atoms with Crippen LogP contribution in [0.5, 0.6) is 0 Å². The molecule has 1 amide bonds. The van der Waals surface area contributed by atoms with Crippen molar-refractivity contribution >= 4 is 11.6 Å². The summed E-state index contributed by atoms with van der Waals surface area (Å²) in [6.45, 7) is 6.70. The van der Waals surface area contributed by atoms with Crippen molar-refractivity contribution in [2.24, 2.45) is 11.1 Å². The van der Waals surface area contributed by atoms with E-state index >= 15 is 0 Å². The highest BCUT2D eigenvalue weighted by molar-refractivity contribution is 5.82. The topological polar surface area (TPSA) is 58.4 Å². The molecular weight excluding hydrogens is 262 g/mol. The van der Waals surface area contributed by atoms with Crippen molar-refractivity contribution in [1.82, 2.24) is 5.32 Å². The number of carbonyl (C=O) groups excluding carboxylic acids is 1. The van der Waals surface area contributed by atoms with Crippen LogP contribution in [0.25, 0.3) is 0 Å². The fraction of sp³-hybridized carbons (Fsp3) is 0.588. The molecule has 1 heterocycles. The number of rotatable bonds is 5. The van der Waals surface area contributed by atoms with E-state index in [1.807, 2.05) is 6.92 Å². The van der Waals surface area contributed by atoms with Crippen molar-refractivity contribution in [2.45, 2.75) is 45.7 Å². The summed E-state index contributed by atoms with van der Waals surface area (Å²) < 4.78 is 0. The molecule has 1 aromatic carbocycles. The first-order valence-corrected chi connectivity index (χ1v) is 7.86. The first-order valence-electron chi connectivity index (χ1n) is 7.86. The van der Waals surface area contributed by atoms with E-state index in [9.17, 15) is 4.79 Å². The summed E-state index contributed by atoms with van der Waals surface area (Å²) >= 11 is 0. The molecule has 3 N–H and O–H groups in total. The molecule has 1 atom stereocenters. The van der Waals surface area contributed by atoms with Gasteiger partial charge in [0.1, 0.15) is 0 Å². The first kappa shape index (κ1) is 14.4. The van der Waals surface area contributed by atoms with Gasteiger partial charge in [-0.05, 0) is 50.3 Å². The second-order valence-corrected chi connectivity index (χ2v) is 6.87. The molecule has 2 fully saturated rings. The SMILES string of the molecule is Cc1cc(CNC2CC2)ccc1N1CCC(C)(C(N)=O)C1. The van der Waals surface area contributed by atoms with Crippen molar-refractivity contribution in [1.29, 1.82) is 0 Å². The van der Waals surface area contributed by atoms with Crippen LogP contribution in [0.15, 0.2) is 18.2 Å². The van der Waals surface area contributed by atoms with E-state index < -0.39 is 5.41 Å². The largest absolute Gasteiger partial charge is 0.370 e. The lowest BCUT2D eigenvalue weighted by atomic mass is 9.89. The number of anilines is 1. The van der Waals surface area contributed by atoms with Crippen LogP contribution in [-0.4, -0.2) is 25.0 Å². The Bertz CT molecular complexity index is 553. The molecule has 1 aliphatic carbocycles. The summed E-state index contributed by atoms with van der Waals surface area (Å²) in [6.07, 6.45) is 3.47. The van der Waals surface area contributed by atoms with Gasteiger partial charge in [-0.15, -0.1) is 0 Å². The van der Waals surface area contributed by atoms with Gasteiger partial charge in [-0.2, -0.15) is 0 Å². The van der Waals surface area contributed by atoms with Crippen molar-refractivity contribution in [2.75, 3.05) is 18.0 Å². The lowest BCUT2D eigenvalue weighted by Crippen LogP contribution is -2.37. The third-order valence-electron chi connectivity index (χ3n) is 4.84. The van der Waals surface area contributed by atoms with Crippen molar-refractivity contribution in [3.05, 3.63) is 29.3 Å². The number of carbonyl (C=O) groups is 1. The number of aryl methyl sites for hydroxylation is 1. The lowest BCUT2D eigenvalue weighted by Gasteiger charge is -2.24. The molecule has 0 aromatic heterocycles. The van der Waals surface area contributed by atoms with E-state index in [2.05, 4.69) is 35.3 Å². The monoisotopic (exact) mass is 287 g/mol. The molecule has 3 rings (SSSR count). The minimum atomic E-state index is -0.390. The highest BCUT2D eigenvalue weighted by Gasteiger charge is 2.39. The highest BCUT2D eigenvalue weighted by atomic mass is 16.1. The molecule has 114 valence electrons. The molecule has 4 heteroatoms. The van der Waals surface area contributed by atoms with Crippen LogP contribution in [0.3, 0.4) is 0 Å². The number of amides is 1. The molecule has 4 nitrogen and oxygen atoms in total. The Kier molecular flexibility index (Phi) is 3.66. The molecule has 1 aliphatic heterocycles. The van der Waals surface area contributed by atoms with Gasteiger partial charge in [-0.3, -0.25) is 4.79 Å². The number of hydrogen-bond donors (Lipinski definition) is 2.